The minimum atomic E-state index is -0.203. The van der Waals surface area contributed by atoms with Gasteiger partial charge in [0.2, 0.25) is 0 Å². The Morgan fingerprint density at radius 3 is 2.94 bits per heavy atom. The van der Waals surface area contributed by atoms with E-state index in [4.69, 9.17) is 9.47 Å². The lowest BCUT2D eigenvalue weighted by molar-refractivity contribution is -0.153. The molecule has 1 aliphatic rings. The number of carbonyl (C=O) groups is 1. The number of morpholine rings is 1. The second kappa shape index (κ2) is 6.86. The van der Waals surface area contributed by atoms with Crippen LogP contribution in [0.1, 0.15) is 26.7 Å². The molecule has 4 heteroatoms. The minimum Gasteiger partial charge on any atom is -0.468 e. The molecular weight excluding hydrogens is 206 g/mol. The third-order valence-electron chi connectivity index (χ3n) is 2.94. The van der Waals surface area contributed by atoms with E-state index in [-0.39, 0.29) is 12.0 Å². The molecule has 16 heavy (non-hydrogen) atoms. The second-order valence-corrected chi connectivity index (χ2v) is 4.69. The van der Waals surface area contributed by atoms with E-state index in [1.165, 1.54) is 13.5 Å². The van der Waals surface area contributed by atoms with Crippen LogP contribution in [0, 0.1) is 5.92 Å². The van der Waals surface area contributed by atoms with E-state index >= 15 is 0 Å². The molecule has 94 valence electrons. The van der Waals surface area contributed by atoms with Crippen molar-refractivity contribution in [2.24, 2.45) is 5.92 Å². The molecule has 1 heterocycles. The van der Waals surface area contributed by atoms with Gasteiger partial charge in [0.05, 0.1) is 20.3 Å². The van der Waals surface area contributed by atoms with E-state index < -0.39 is 0 Å². The SMILES string of the molecule is COC(=O)C1COCCN1CCCC(C)C. The van der Waals surface area contributed by atoms with Gasteiger partial charge in [0.1, 0.15) is 6.04 Å². The predicted octanol–water partition coefficient (Wildman–Crippen LogP) is 1.30. The molecule has 1 saturated heterocycles. The van der Waals surface area contributed by atoms with Crippen LogP contribution in [0.15, 0.2) is 0 Å². The highest BCUT2D eigenvalue weighted by Gasteiger charge is 2.29. The molecule has 1 aliphatic heterocycles. The summed E-state index contributed by atoms with van der Waals surface area (Å²) in [5.41, 5.74) is 0. The molecule has 0 aromatic rings. The van der Waals surface area contributed by atoms with Crippen molar-refractivity contribution in [1.29, 1.82) is 0 Å². The number of rotatable bonds is 5. The molecule has 4 nitrogen and oxygen atoms in total. The summed E-state index contributed by atoms with van der Waals surface area (Å²) in [6.45, 7) is 7.41. The fourth-order valence-electron chi connectivity index (χ4n) is 1.96. The first kappa shape index (κ1) is 13.5. The van der Waals surface area contributed by atoms with E-state index in [2.05, 4.69) is 18.7 Å². The van der Waals surface area contributed by atoms with Crippen molar-refractivity contribution < 1.29 is 14.3 Å². The van der Waals surface area contributed by atoms with E-state index in [1.54, 1.807) is 0 Å². The summed E-state index contributed by atoms with van der Waals surface area (Å²) in [5, 5.41) is 0. The van der Waals surface area contributed by atoms with E-state index in [1.807, 2.05) is 0 Å². The van der Waals surface area contributed by atoms with E-state index in [0.717, 1.165) is 32.0 Å². The lowest BCUT2D eigenvalue weighted by Gasteiger charge is -2.33. The zero-order valence-electron chi connectivity index (χ0n) is 10.6. The summed E-state index contributed by atoms with van der Waals surface area (Å²) in [6.07, 6.45) is 2.33. The van der Waals surface area contributed by atoms with Gasteiger partial charge in [-0.2, -0.15) is 0 Å². The summed E-state index contributed by atoms with van der Waals surface area (Å²) < 4.78 is 10.1. The van der Waals surface area contributed by atoms with E-state index in [0.29, 0.717) is 6.61 Å². The van der Waals surface area contributed by atoms with Crippen LogP contribution in [0.5, 0.6) is 0 Å². The van der Waals surface area contributed by atoms with E-state index in [9.17, 15) is 4.79 Å². The Hall–Kier alpha value is -0.610. The first-order valence-electron chi connectivity index (χ1n) is 6.04. The maximum absolute atomic E-state index is 11.5. The third kappa shape index (κ3) is 4.10. The topological polar surface area (TPSA) is 38.8 Å². The maximum atomic E-state index is 11.5. The van der Waals surface area contributed by atoms with Gasteiger partial charge in [-0.15, -0.1) is 0 Å². The van der Waals surface area contributed by atoms with Gasteiger partial charge in [-0.05, 0) is 25.3 Å². The molecule has 0 aromatic heterocycles. The number of hydrogen-bond acceptors (Lipinski definition) is 4. The highest BCUT2D eigenvalue weighted by atomic mass is 16.5. The summed E-state index contributed by atoms with van der Waals surface area (Å²) in [7, 11) is 1.43. The Morgan fingerprint density at radius 1 is 1.56 bits per heavy atom. The van der Waals surface area contributed by atoms with Crippen LogP contribution in [0.2, 0.25) is 0 Å². The molecule has 0 spiro atoms. The van der Waals surface area contributed by atoms with Gasteiger partial charge >= 0.3 is 5.97 Å². The van der Waals surface area contributed by atoms with Gasteiger partial charge in [-0.1, -0.05) is 13.8 Å². The molecule has 0 saturated carbocycles. The summed E-state index contributed by atoms with van der Waals surface area (Å²) in [6, 6.07) is -0.203. The highest BCUT2D eigenvalue weighted by molar-refractivity contribution is 5.75. The van der Waals surface area contributed by atoms with Gasteiger partial charge in [0.15, 0.2) is 0 Å². The van der Waals surface area contributed by atoms with Gasteiger partial charge in [-0.25, -0.2) is 0 Å². The van der Waals surface area contributed by atoms with Crippen molar-refractivity contribution in [3.8, 4) is 0 Å². The third-order valence-corrected chi connectivity index (χ3v) is 2.94. The maximum Gasteiger partial charge on any atom is 0.325 e. The smallest absolute Gasteiger partial charge is 0.325 e. The number of nitrogens with zero attached hydrogens (tertiary/aromatic N) is 1. The first-order valence-corrected chi connectivity index (χ1v) is 6.04. The van der Waals surface area contributed by atoms with Crippen LogP contribution >= 0.6 is 0 Å². The quantitative estimate of drug-likeness (QED) is 0.666. The van der Waals surface area contributed by atoms with Crippen molar-refractivity contribution >= 4 is 5.97 Å². The molecular formula is C12H23NO3. The Bertz CT molecular complexity index is 218. The number of hydrogen-bond donors (Lipinski definition) is 0. The molecule has 1 atom stereocenters. The molecule has 1 fully saturated rings. The molecule has 0 amide bonds. The number of carbonyl (C=O) groups excluding carboxylic acids is 1. The summed E-state index contributed by atoms with van der Waals surface area (Å²) >= 11 is 0. The molecule has 0 aliphatic carbocycles. The van der Waals surface area contributed by atoms with Crippen LogP contribution in [0.25, 0.3) is 0 Å². The van der Waals surface area contributed by atoms with Crippen LogP contribution in [-0.2, 0) is 14.3 Å². The Kier molecular flexibility index (Phi) is 5.77. The van der Waals surface area contributed by atoms with Gasteiger partial charge in [0.25, 0.3) is 0 Å². The van der Waals surface area contributed by atoms with Gasteiger partial charge in [-0.3, -0.25) is 9.69 Å². The monoisotopic (exact) mass is 229 g/mol. The lowest BCUT2D eigenvalue weighted by Crippen LogP contribution is -2.50. The Morgan fingerprint density at radius 2 is 2.31 bits per heavy atom. The van der Waals surface area contributed by atoms with Crippen LogP contribution < -0.4 is 0 Å². The summed E-state index contributed by atoms with van der Waals surface area (Å²) in [4.78, 5) is 13.7. The van der Waals surface area contributed by atoms with Gasteiger partial charge in [0, 0.05) is 6.54 Å². The largest absolute Gasteiger partial charge is 0.468 e. The van der Waals surface area contributed by atoms with Crippen LogP contribution in [0.4, 0.5) is 0 Å². The van der Waals surface area contributed by atoms with Crippen molar-refractivity contribution in [2.45, 2.75) is 32.7 Å². The predicted molar refractivity (Wildman–Crippen MR) is 62.3 cm³/mol. The zero-order valence-corrected chi connectivity index (χ0v) is 10.6. The van der Waals surface area contributed by atoms with Crippen molar-refractivity contribution in [3.05, 3.63) is 0 Å². The zero-order chi connectivity index (χ0) is 12.0. The lowest BCUT2D eigenvalue weighted by atomic mass is 10.1. The number of esters is 1. The fourth-order valence-corrected chi connectivity index (χ4v) is 1.96. The van der Waals surface area contributed by atoms with Crippen LogP contribution in [-0.4, -0.2) is 50.3 Å². The van der Waals surface area contributed by atoms with Crippen molar-refractivity contribution in [2.75, 3.05) is 33.4 Å². The Labute approximate surface area is 97.9 Å². The molecule has 0 aromatic carbocycles. The van der Waals surface area contributed by atoms with Crippen molar-refractivity contribution in [3.63, 3.8) is 0 Å². The average molecular weight is 229 g/mol. The molecule has 1 unspecified atom stereocenters. The summed E-state index contributed by atoms with van der Waals surface area (Å²) in [5.74, 6) is 0.543. The second-order valence-electron chi connectivity index (χ2n) is 4.69. The molecule has 0 radical (unpaired) electrons. The standard InChI is InChI=1S/C12H23NO3/c1-10(2)5-4-6-13-7-8-16-9-11(13)12(14)15-3/h10-11H,4-9H2,1-3H3. The average Bonchev–Trinajstić information content (AvgIpc) is 2.28. The number of ether oxygens (including phenoxy) is 2. The van der Waals surface area contributed by atoms with Crippen molar-refractivity contribution in [1.82, 2.24) is 4.90 Å². The molecule has 0 bridgehead atoms. The highest BCUT2D eigenvalue weighted by Crippen LogP contribution is 2.11. The number of methoxy groups -OCH3 is 1. The fraction of sp³-hybridized carbons (Fsp3) is 0.917. The van der Waals surface area contributed by atoms with Crippen LogP contribution in [0.3, 0.4) is 0 Å². The minimum absolute atomic E-state index is 0.177. The van der Waals surface area contributed by atoms with Gasteiger partial charge < -0.3 is 9.47 Å². The molecule has 1 rings (SSSR count). The first-order chi connectivity index (χ1) is 7.65. The molecule has 0 N–H and O–H groups in total. The normalized spacial score (nSPS) is 22.4. The Balaban J connectivity index is 2.38.